The van der Waals surface area contributed by atoms with Crippen molar-refractivity contribution in [2.24, 2.45) is 5.92 Å². The van der Waals surface area contributed by atoms with E-state index in [1.54, 1.807) is 20.8 Å². The van der Waals surface area contributed by atoms with Crippen LogP contribution in [-0.4, -0.2) is 83.8 Å². The maximum atomic E-state index is 13.3. The summed E-state index contributed by atoms with van der Waals surface area (Å²) in [7, 11) is -2.22. The van der Waals surface area contributed by atoms with Gasteiger partial charge in [0.05, 0.1) is 32.2 Å². The molecule has 0 bridgehead atoms. The van der Waals surface area contributed by atoms with Crippen LogP contribution in [0.3, 0.4) is 0 Å². The van der Waals surface area contributed by atoms with E-state index in [1.165, 1.54) is 20.2 Å². The van der Waals surface area contributed by atoms with Gasteiger partial charge in [-0.1, -0.05) is 6.92 Å². The Bertz CT molecular complexity index is 1170. The molecule has 0 spiro atoms. The van der Waals surface area contributed by atoms with Crippen LogP contribution >= 0.6 is 7.60 Å². The molecule has 1 aliphatic rings. The number of nitrogens with zero attached hydrogens (tertiary/aromatic N) is 1. The zero-order chi connectivity index (χ0) is 29.3. The number of likely N-dealkylation sites (N-methyl/N-ethyl adjacent to an activating group) is 1. The Morgan fingerprint density at radius 3 is 2.38 bits per heavy atom. The molecule has 2 heterocycles. The number of H-pyrrole nitrogens is 1. The fourth-order valence-corrected chi connectivity index (χ4v) is 6.08. The lowest BCUT2D eigenvalue weighted by molar-refractivity contribution is -0.161. The molecule has 1 amide bonds. The number of rotatable bonds is 15. The number of carbonyl (C=O) groups excluding carboxylic acids is 2. The minimum Gasteiger partial charge on any atom is -0.481 e. The van der Waals surface area contributed by atoms with E-state index in [4.69, 9.17) is 28.4 Å². The van der Waals surface area contributed by atoms with Crippen LogP contribution < -0.4 is 16.6 Å². The minimum absolute atomic E-state index is 0.107. The second-order valence-electron chi connectivity index (χ2n) is 8.87. The smallest absolute Gasteiger partial charge is 0.331 e. The molecule has 1 aromatic rings. The highest BCUT2D eigenvalue weighted by Gasteiger charge is 2.52. The summed E-state index contributed by atoms with van der Waals surface area (Å²) in [5.41, 5.74) is -1.29. The monoisotopic (exact) mass is 577 g/mol. The molecule has 1 fully saturated rings. The first-order valence-corrected chi connectivity index (χ1v) is 14.2. The van der Waals surface area contributed by atoms with E-state index in [9.17, 15) is 28.5 Å². The van der Waals surface area contributed by atoms with Crippen LogP contribution in [0.4, 0.5) is 0 Å². The quantitative estimate of drug-likeness (QED) is 0.193. The molecule has 15 nitrogen and oxygen atoms in total. The van der Waals surface area contributed by atoms with Crippen LogP contribution in [0.15, 0.2) is 15.8 Å². The number of carbonyl (C=O) groups is 3. The number of amides is 1. The number of ether oxygens (including phenoxy) is 3. The number of hydrogen-bond donors (Lipinski definition) is 3. The van der Waals surface area contributed by atoms with E-state index in [-0.39, 0.29) is 24.9 Å². The second kappa shape index (κ2) is 14.5. The number of aromatic nitrogens is 2. The Kier molecular flexibility index (Phi) is 12.1. The second-order valence-corrected chi connectivity index (χ2v) is 11.0. The van der Waals surface area contributed by atoms with Crippen molar-refractivity contribution in [2.75, 3.05) is 33.0 Å². The molecular weight excluding hydrogens is 541 g/mol. The number of nitrogens with one attached hydrogen (secondary N) is 2. The summed E-state index contributed by atoms with van der Waals surface area (Å²) in [6.07, 6.45) is -4.76. The lowest BCUT2D eigenvalue weighted by Gasteiger charge is -2.28. The molecule has 0 aromatic carbocycles. The molecular formula is C23H36N3O12P. The van der Waals surface area contributed by atoms with Crippen molar-refractivity contribution in [1.29, 1.82) is 0 Å². The first kappa shape index (κ1) is 32.4. The van der Waals surface area contributed by atoms with Crippen molar-refractivity contribution in [2.45, 2.75) is 65.1 Å². The lowest BCUT2D eigenvalue weighted by Crippen LogP contribution is -2.44. The van der Waals surface area contributed by atoms with Gasteiger partial charge in [-0.05, 0) is 26.7 Å². The molecule has 5 atom stereocenters. The molecule has 0 radical (unpaired) electrons. The van der Waals surface area contributed by atoms with Gasteiger partial charge in [0.2, 0.25) is 5.91 Å². The van der Waals surface area contributed by atoms with Crippen molar-refractivity contribution in [3.63, 3.8) is 0 Å². The van der Waals surface area contributed by atoms with E-state index < -0.39 is 86.6 Å². The van der Waals surface area contributed by atoms with Gasteiger partial charge in [0, 0.05) is 18.8 Å². The fraction of sp³-hybridized carbons (Fsp3) is 0.696. The third kappa shape index (κ3) is 8.83. The Balaban J connectivity index is 2.54. The summed E-state index contributed by atoms with van der Waals surface area (Å²) < 4.78 is 42.6. The van der Waals surface area contributed by atoms with Crippen LogP contribution in [0.25, 0.3) is 0 Å². The van der Waals surface area contributed by atoms with Crippen LogP contribution in [-0.2, 0) is 42.2 Å². The van der Waals surface area contributed by atoms with Gasteiger partial charge in [-0.3, -0.25) is 33.3 Å². The maximum absolute atomic E-state index is 13.3. The molecule has 0 saturated carbocycles. The van der Waals surface area contributed by atoms with E-state index >= 15 is 0 Å². The van der Waals surface area contributed by atoms with Gasteiger partial charge in [0.1, 0.15) is 18.8 Å². The Labute approximate surface area is 224 Å². The highest BCUT2D eigenvalue weighted by molar-refractivity contribution is 7.53. The third-order valence-electron chi connectivity index (χ3n) is 5.87. The molecule has 2 rings (SSSR count). The molecule has 1 aliphatic heterocycles. The normalized spacial score (nSPS) is 21.9. The zero-order valence-electron chi connectivity index (χ0n) is 22.5. The number of carboxylic acid groups (broad SMARTS) is 1. The highest BCUT2D eigenvalue weighted by Crippen LogP contribution is 2.51. The molecule has 3 N–H and O–H groups in total. The third-order valence-corrected chi connectivity index (χ3v) is 8.19. The van der Waals surface area contributed by atoms with Crippen LogP contribution in [0.2, 0.25) is 0 Å². The largest absolute Gasteiger partial charge is 0.481 e. The summed E-state index contributed by atoms with van der Waals surface area (Å²) in [6.45, 7) is 6.13. The molecule has 1 aromatic heterocycles. The number of aromatic amines is 1. The van der Waals surface area contributed by atoms with Gasteiger partial charge in [-0.2, -0.15) is 0 Å². The molecule has 0 aliphatic carbocycles. The summed E-state index contributed by atoms with van der Waals surface area (Å²) in [4.78, 5) is 62.4. The van der Waals surface area contributed by atoms with E-state index in [0.29, 0.717) is 0 Å². The first-order chi connectivity index (χ1) is 18.3. The van der Waals surface area contributed by atoms with Crippen LogP contribution in [0.1, 0.15) is 45.4 Å². The van der Waals surface area contributed by atoms with Gasteiger partial charge in [-0.15, -0.1) is 0 Å². The number of aliphatic carboxylic acids is 1. The average molecular weight is 578 g/mol. The maximum Gasteiger partial charge on any atom is 0.331 e. The number of esters is 1. The highest BCUT2D eigenvalue weighted by atomic mass is 31.2. The predicted molar refractivity (Wildman–Crippen MR) is 135 cm³/mol. The molecule has 0 unspecified atom stereocenters. The van der Waals surface area contributed by atoms with E-state index in [0.717, 1.165) is 4.57 Å². The van der Waals surface area contributed by atoms with Crippen molar-refractivity contribution in [3.8, 4) is 0 Å². The predicted octanol–water partition coefficient (Wildman–Crippen LogP) is 0.552. The Hall–Kier alpha value is -2.84. The van der Waals surface area contributed by atoms with Crippen molar-refractivity contribution in [3.05, 3.63) is 32.6 Å². The van der Waals surface area contributed by atoms with Crippen molar-refractivity contribution in [1.82, 2.24) is 14.9 Å². The molecule has 220 valence electrons. The summed E-state index contributed by atoms with van der Waals surface area (Å²) in [5.74, 6) is -3.31. The number of aryl methyl sites for hydroxylation is 1. The van der Waals surface area contributed by atoms with E-state index in [2.05, 4.69) is 10.3 Å². The van der Waals surface area contributed by atoms with E-state index in [1.807, 2.05) is 0 Å². The van der Waals surface area contributed by atoms with Gasteiger partial charge >= 0.3 is 25.2 Å². The summed E-state index contributed by atoms with van der Waals surface area (Å²) in [6, 6.07) is 0. The molecule has 16 heteroatoms. The SMILES string of the molecule is CCOP(=O)(C[C@@H](C)[C@H]1O[C@@H](n2cc(C)c(=O)[nH]c2=O)[C@H](OCC(=O)NC)[C@@H]1OC(=O)CCC(=O)O)OCC. The van der Waals surface area contributed by atoms with Crippen molar-refractivity contribution < 1.29 is 47.3 Å². The number of hydrogen-bond acceptors (Lipinski definition) is 11. The zero-order valence-corrected chi connectivity index (χ0v) is 23.4. The summed E-state index contributed by atoms with van der Waals surface area (Å²) >= 11 is 0. The van der Waals surface area contributed by atoms with Gasteiger partial charge in [0.15, 0.2) is 12.3 Å². The number of carboxylic acids is 1. The minimum atomic E-state index is -3.60. The molecule has 1 saturated heterocycles. The van der Waals surface area contributed by atoms with Crippen LogP contribution in [0.5, 0.6) is 0 Å². The Morgan fingerprint density at radius 1 is 1.18 bits per heavy atom. The lowest BCUT2D eigenvalue weighted by atomic mass is 9.99. The van der Waals surface area contributed by atoms with Gasteiger partial charge < -0.3 is 33.7 Å². The van der Waals surface area contributed by atoms with Gasteiger partial charge in [0.25, 0.3) is 5.56 Å². The summed E-state index contributed by atoms with van der Waals surface area (Å²) in [5, 5.41) is 11.3. The topological polar surface area (TPSA) is 202 Å². The molecule has 39 heavy (non-hydrogen) atoms. The first-order valence-electron chi connectivity index (χ1n) is 12.4. The average Bonchev–Trinajstić information content (AvgIpc) is 3.21. The van der Waals surface area contributed by atoms with Crippen molar-refractivity contribution >= 4 is 25.4 Å². The Morgan fingerprint density at radius 2 is 1.82 bits per heavy atom. The van der Waals surface area contributed by atoms with Gasteiger partial charge in [-0.25, -0.2) is 4.79 Å². The standard InChI is InChI=1S/C23H36N3O12P/c1-6-35-39(33,36-7-2)12-14(4)18-19(37-17(30)9-8-16(28)29)20(34-11-15(27)24-5)22(38-18)26-10-13(3)21(31)25-23(26)32/h10,14,18-20,22H,6-9,11-12H2,1-5H3,(H,24,27)(H,28,29)(H,25,31,32)/t14-,18-,19-,20-,22-/m1/s1. The fourth-order valence-electron chi connectivity index (χ4n) is 4.09. The van der Waals surface area contributed by atoms with Crippen LogP contribution in [0, 0.1) is 12.8 Å².